The lowest BCUT2D eigenvalue weighted by atomic mass is 9.84. The van der Waals surface area contributed by atoms with Crippen LogP contribution in [0.1, 0.15) is 82.9 Å². The molecule has 2 saturated carbocycles. The van der Waals surface area contributed by atoms with Crippen LogP contribution < -0.4 is 9.47 Å². The molecule has 2 aliphatic rings. The third kappa shape index (κ3) is 8.03. The second-order valence-electron chi connectivity index (χ2n) is 14.4. The van der Waals surface area contributed by atoms with E-state index in [4.69, 9.17) is 24.2 Å². The summed E-state index contributed by atoms with van der Waals surface area (Å²) in [6.45, 7) is 16.5. The number of nitrogens with zero attached hydrogens (tertiary/aromatic N) is 3. The molecule has 2 aromatic heterocycles. The molecule has 0 radical (unpaired) electrons. The summed E-state index contributed by atoms with van der Waals surface area (Å²) in [5.74, 6) is -0.290. The summed E-state index contributed by atoms with van der Waals surface area (Å²) >= 11 is 0. The molecule has 1 aromatic carbocycles. The molecule has 0 saturated heterocycles. The number of fused-ring (bicyclic) bond motifs is 1. The monoisotopic (exact) mass is 695 g/mol. The quantitative estimate of drug-likeness (QED) is 0.0794. The highest BCUT2D eigenvalue weighted by atomic mass is 16.5. The molecular formula is C42H53N3O6. The van der Waals surface area contributed by atoms with E-state index in [1.165, 1.54) is 0 Å². The minimum Gasteiger partial charge on any atom is -0.496 e. The maximum absolute atomic E-state index is 14.2. The van der Waals surface area contributed by atoms with E-state index in [-0.39, 0.29) is 42.5 Å². The molecule has 2 fully saturated rings. The van der Waals surface area contributed by atoms with Gasteiger partial charge in [0.1, 0.15) is 23.4 Å². The number of esters is 1. The molecule has 1 amide bonds. The number of unbranched alkanes of at least 4 members (excludes halogenated alkanes) is 2. The van der Waals surface area contributed by atoms with Crippen LogP contribution in [0.15, 0.2) is 61.7 Å². The molecule has 5 rings (SSSR count). The number of aromatic nitrogens is 2. The van der Waals surface area contributed by atoms with Crippen LogP contribution in [0.5, 0.6) is 11.5 Å². The van der Waals surface area contributed by atoms with Gasteiger partial charge >= 0.3 is 5.97 Å². The fourth-order valence-electron chi connectivity index (χ4n) is 7.54. The number of pyridine rings is 2. The number of hydrogen-bond donors (Lipinski definition) is 0. The van der Waals surface area contributed by atoms with Crippen molar-refractivity contribution in [2.24, 2.45) is 23.2 Å². The largest absolute Gasteiger partial charge is 0.496 e. The minimum atomic E-state index is -0.914. The molecule has 0 spiro atoms. The summed E-state index contributed by atoms with van der Waals surface area (Å²) < 4.78 is 17.9. The Morgan fingerprint density at radius 1 is 1.04 bits per heavy atom. The van der Waals surface area contributed by atoms with Gasteiger partial charge in [-0.15, -0.1) is 13.2 Å². The number of ketones is 1. The lowest BCUT2D eigenvalue weighted by Crippen LogP contribution is -2.38. The van der Waals surface area contributed by atoms with Gasteiger partial charge < -0.3 is 19.1 Å². The van der Waals surface area contributed by atoms with E-state index in [9.17, 15) is 14.4 Å². The van der Waals surface area contributed by atoms with E-state index < -0.39 is 23.4 Å². The Morgan fingerprint density at radius 3 is 2.47 bits per heavy atom. The Morgan fingerprint density at radius 2 is 1.80 bits per heavy atom. The predicted octanol–water partition coefficient (Wildman–Crippen LogP) is 8.04. The molecule has 2 heterocycles. The van der Waals surface area contributed by atoms with Crippen molar-refractivity contribution >= 4 is 28.6 Å². The molecule has 272 valence electrons. The average Bonchev–Trinajstić information content (AvgIpc) is 3.69. The molecule has 5 atom stereocenters. The van der Waals surface area contributed by atoms with Gasteiger partial charge in [0.05, 0.1) is 42.0 Å². The first-order valence-corrected chi connectivity index (χ1v) is 18.3. The molecule has 3 aromatic rings. The van der Waals surface area contributed by atoms with Crippen LogP contribution in [0.2, 0.25) is 0 Å². The first kappa shape index (κ1) is 37.7. The average molecular weight is 696 g/mol. The topological polar surface area (TPSA) is 108 Å². The number of aryl methyl sites for hydroxylation is 1. The van der Waals surface area contributed by atoms with Gasteiger partial charge in [0, 0.05) is 48.6 Å². The van der Waals surface area contributed by atoms with Crippen molar-refractivity contribution in [1.29, 1.82) is 0 Å². The Labute approximate surface area is 302 Å². The molecular weight excluding hydrogens is 642 g/mol. The zero-order valence-electron chi connectivity index (χ0n) is 31.1. The molecule has 0 aliphatic heterocycles. The van der Waals surface area contributed by atoms with Crippen molar-refractivity contribution in [1.82, 2.24) is 14.9 Å². The summed E-state index contributed by atoms with van der Waals surface area (Å²) in [5.41, 5.74) is 3.04. The summed E-state index contributed by atoms with van der Waals surface area (Å²) in [6, 6.07) is 11.7. The van der Waals surface area contributed by atoms with Crippen molar-refractivity contribution in [2.75, 3.05) is 27.3 Å². The highest BCUT2D eigenvalue weighted by molar-refractivity contribution is 5.95. The molecule has 0 N–H and O–H groups in total. The van der Waals surface area contributed by atoms with Crippen molar-refractivity contribution in [3.05, 3.63) is 73.0 Å². The van der Waals surface area contributed by atoms with Crippen LogP contribution in [0.25, 0.3) is 22.3 Å². The number of Topliss-reactive ketones (excluding diaryl/α,β-unsaturated/α-hetero) is 1. The van der Waals surface area contributed by atoms with Gasteiger partial charge in [-0.1, -0.05) is 32.1 Å². The number of benzene rings is 1. The van der Waals surface area contributed by atoms with Gasteiger partial charge in [0.15, 0.2) is 0 Å². The van der Waals surface area contributed by atoms with Crippen molar-refractivity contribution in [3.8, 4) is 22.9 Å². The zero-order chi connectivity index (χ0) is 36.9. The van der Waals surface area contributed by atoms with Gasteiger partial charge in [-0.2, -0.15) is 0 Å². The second kappa shape index (κ2) is 16.2. The van der Waals surface area contributed by atoms with Gasteiger partial charge in [-0.05, 0) is 88.5 Å². The highest BCUT2D eigenvalue weighted by Crippen LogP contribution is 2.58. The molecule has 0 unspecified atom stereocenters. The number of allylic oxidation sites excluding steroid dienone is 2. The van der Waals surface area contributed by atoms with Crippen LogP contribution in [0.4, 0.5) is 0 Å². The van der Waals surface area contributed by atoms with Crippen LogP contribution in [-0.4, -0.2) is 65.9 Å². The normalized spacial score (nSPS) is 22.4. The zero-order valence-corrected chi connectivity index (χ0v) is 31.1. The Kier molecular flexibility index (Phi) is 12.0. The van der Waals surface area contributed by atoms with Crippen molar-refractivity contribution < 1.29 is 28.6 Å². The molecule has 51 heavy (non-hydrogen) atoms. The summed E-state index contributed by atoms with van der Waals surface area (Å²) in [4.78, 5) is 53.1. The van der Waals surface area contributed by atoms with Crippen molar-refractivity contribution in [2.45, 2.75) is 84.7 Å². The standard InChI is InChI=1S/C42H53N3O6/c1-9-12-13-14-20-45(7)40(47)32-22-29(21-31(32)36(46)25-42(24-28(42)10-2)41(48)50-11-3)51-38-23-35(34-17-15-16-33(43-34)26(4)5)44-39-27(6)37(49-8)19-18-30(38)39/h9-10,15-19,23,26,28-29,31-32H,1-2,11-14,20-22,24-25H2,3-8H3/t28-,29-,31-,32-,42-/m1/s1. The van der Waals surface area contributed by atoms with Gasteiger partial charge in [0.2, 0.25) is 5.91 Å². The second-order valence-corrected chi connectivity index (χ2v) is 14.4. The Balaban J connectivity index is 1.49. The molecule has 9 heteroatoms. The number of carbonyl (C=O) groups excluding carboxylic acids is 3. The van der Waals surface area contributed by atoms with Crippen LogP contribution >= 0.6 is 0 Å². The SMILES string of the molecule is C=CCCCCN(C)C(=O)[C@@H]1C[C@H](Oc2cc(-c3cccc(C(C)C)n3)nc3c(C)c(OC)ccc23)C[C@H]1C(=O)C[C@]1(C(=O)OCC)C[C@H]1C=C. The Bertz CT molecular complexity index is 1790. The fourth-order valence-corrected chi connectivity index (χ4v) is 7.54. The Hall–Kier alpha value is -4.53. The van der Waals surface area contributed by atoms with E-state index >= 15 is 0 Å². The van der Waals surface area contributed by atoms with Gasteiger partial charge in [-0.25, -0.2) is 4.98 Å². The number of carbonyl (C=O) groups is 3. The van der Waals surface area contributed by atoms with E-state index in [0.29, 0.717) is 43.0 Å². The molecule has 2 aliphatic carbocycles. The van der Waals surface area contributed by atoms with E-state index in [1.807, 2.05) is 49.4 Å². The number of methoxy groups -OCH3 is 1. The van der Waals surface area contributed by atoms with Gasteiger partial charge in [0.25, 0.3) is 0 Å². The van der Waals surface area contributed by atoms with E-state index in [2.05, 4.69) is 27.0 Å². The first-order valence-electron chi connectivity index (χ1n) is 18.3. The summed E-state index contributed by atoms with van der Waals surface area (Å²) in [6.07, 6.45) is 7.12. The highest BCUT2D eigenvalue weighted by Gasteiger charge is 2.61. The smallest absolute Gasteiger partial charge is 0.313 e. The minimum absolute atomic E-state index is 0.0198. The van der Waals surface area contributed by atoms with Gasteiger partial charge in [-0.3, -0.25) is 19.4 Å². The number of hydrogen-bond acceptors (Lipinski definition) is 8. The third-order valence-electron chi connectivity index (χ3n) is 10.7. The first-order chi connectivity index (χ1) is 24.5. The molecule has 0 bridgehead atoms. The number of amides is 1. The van der Waals surface area contributed by atoms with Crippen LogP contribution in [-0.2, 0) is 19.1 Å². The van der Waals surface area contributed by atoms with E-state index in [0.717, 1.165) is 47.1 Å². The number of rotatable bonds is 17. The molecule has 9 nitrogen and oxygen atoms in total. The van der Waals surface area contributed by atoms with Crippen LogP contribution in [0, 0.1) is 30.1 Å². The fraction of sp³-hybridized carbons (Fsp3) is 0.500. The lowest BCUT2D eigenvalue weighted by Gasteiger charge is -2.25. The lowest BCUT2D eigenvalue weighted by molar-refractivity contribution is -0.152. The van der Waals surface area contributed by atoms with E-state index in [1.54, 1.807) is 32.1 Å². The summed E-state index contributed by atoms with van der Waals surface area (Å²) in [5, 5.41) is 0.808. The number of ether oxygens (including phenoxy) is 3. The maximum Gasteiger partial charge on any atom is 0.313 e. The predicted molar refractivity (Wildman–Crippen MR) is 200 cm³/mol. The maximum atomic E-state index is 14.2. The third-order valence-corrected chi connectivity index (χ3v) is 10.7. The van der Waals surface area contributed by atoms with Crippen molar-refractivity contribution in [3.63, 3.8) is 0 Å². The van der Waals surface area contributed by atoms with Crippen LogP contribution in [0.3, 0.4) is 0 Å². The summed E-state index contributed by atoms with van der Waals surface area (Å²) in [7, 11) is 3.44.